The Morgan fingerprint density at radius 2 is 1.80 bits per heavy atom. The number of carbonyl (C=O) groups excluding carboxylic acids is 1. The van der Waals surface area contributed by atoms with E-state index in [1.165, 1.54) is 7.11 Å². The molecule has 0 amide bonds. The predicted octanol–water partition coefficient (Wildman–Crippen LogP) is 1.82. The summed E-state index contributed by atoms with van der Waals surface area (Å²) in [5.74, 6) is -0.563. The second kappa shape index (κ2) is 7.40. The van der Waals surface area contributed by atoms with E-state index in [9.17, 15) is 13.2 Å². The van der Waals surface area contributed by atoms with Crippen molar-refractivity contribution in [2.45, 2.75) is 31.6 Å². The number of hydrogen-bond donors (Lipinski definition) is 0. The Labute approximate surface area is 120 Å². The zero-order valence-electron chi connectivity index (χ0n) is 12.1. The fraction of sp³-hybridized carbons (Fsp3) is 0.500. The average Bonchev–Trinajstić information content (AvgIpc) is 2.46. The zero-order valence-corrected chi connectivity index (χ0v) is 12.9. The molecule has 0 saturated heterocycles. The highest BCUT2D eigenvalue weighted by Gasteiger charge is 2.26. The highest BCUT2D eigenvalue weighted by Crippen LogP contribution is 2.17. The van der Waals surface area contributed by atoms with E-state index >= 15 is 0 Å². The van der Waals surface area contributed by atoms with E-state index in [1.54, 1.807) is 24.3 Å². The summed E-state index contributed by atoms with van der Waals surface area (Å²) in [7, 11) is -2.42. The number of methoxy groups -OCH3 is 1. The maximum absolute atomic E-state index is 12.5. The van der Waals surface area contributed by atoms with Crippen molar-refractivity contribution in [1.82, 2.24) is 4.31 Å². The molecule has 0 N–H and O–H groups in total. The van der Waals surface area contributed by atoms with Crippen molar-refractivity contribution in [2.75, 3.05) is 20.2 Å². The van der Waals surface area contributed by atoms with Crippen LogP contribution in [-0.4, -0.2) is 38.9 Å². The number of benzene rings is 1. The molecule has 6 heteroatoms. The van der Waals surface area contributed by atoms with Crippen LogP contribution in [0, 0.1) is 0 Å². The average molecular weight is 299 g/mol. The van der Waals surface area contributed by atoms with Crippen LogP contribution in [0.1, 0.15) is 25.8 Å². The van der Waals surface area contributed by atoms with Gasteiger partial charge in [-0.15, -0.1) is 0 Å². The van der Waals surface area contributed by atoms with Gasteiger partial charge in [0.05, 0.1) is 12.0 Å². The number of hydrogen-bond acceptors (Lipinski definition) is 4. The topological polar surface area (TPSA) is 63.7 Å². The van der Waals surface area contributed by atoms with E-state index in [4.69, 9.17) is 0 Å². The van der Waals surface area contributed by atoms with Gasteiger partial charge in [0.15, 0.2) is 0 Å². The van der Waals surface area contributed by atoms with Gasteiger partial charge >= 0.3 is 5.97 Å². The minimum absolute atomic E-state index is 0.201. The minimum atomic E-state index is -3.66. The largest absolute Gasteiger partial charge is 0.468 e. The van der Waals surface area contributed by atoms with Gasteiger partial charge in [-0.3, -0.25) is 4.79 Å². The summed E-state index contributed by atoms with van der Waals surface area (Å²) in [6, 6.07) is 6.73. The molecule has 1 rings (SSSR count). The summed E-state index contributed by atoms with van der Waals surface area (Å²) >= 11 is 0. The van der Waals surface area contributed by atoms with Crippen molar-refractivity contribution in [3.8, 4) is 0 Å². The van der Waals surface area contributed by atoms with E-state index in [0.29, 0.717) is 6.42 Å². The molecule has 0 heterocycles. The molecule has 1 aromatic carbocycles. The lowest BCUT2D eigenvalue weighted by Crippen LogP contribution is -2.36. The fourth-order valence-electron chi connectivity index (χ4n) is 1.79. The van der Waals surface area contributed by atoms with Gasteiger partial charge in [0.1, 0.15) is 6.54 Å². The van der Waals surface area contributed by atoms with Crippen LogP contribution in [0.3, 0.4) is 0 Å². The number of sulfonamides is 1. The SMILES string of the molecule is CCCN(CC(=O)OC)S(=O)(=O)c1ccc(CC)cc1. The number of carbonyl (C=O) groups is 1. The molecule has 0 aliphatic carbocycles. The van der Waals surface area contributed by atoms with Gasteiger partial charge in [-0.25, -0.2) is 8.42 Å². The summed E-state index contributed by atoms with van der Waals surface area (Å²) in [5, 5.41) is 0. The van der Waals surface area contributed by atoms with E-state index in [2.05, 4.69) is 4.74 Å². The Kier molecular flexibility index (Phi) is 6.16. The van der Waals surface area contributed by atoms with Gasteiger partial charge in [-0.1, -0.05) is 26.0 Å². The molecule has 0 bridgehead atoms. The Balaban J connectivity index is 3.04. The third-order valence-corrected chi connectivity index (χ3v) is 4.83. The third-order valence-electron chi connectivity index (χ3n) is 2.98. The molecule has 0 fully saturated rings. The van der Waals surface area contributed by atoms with Crippen molar-refractivity contribution in [2.24, 2.45) is 0 Å². The van der Waals surface area contributed by atoms with Crippen LogP contribution in [0.15, 0.2) is 29.2 Å². The van der Waals surface area contributed by atoms with Crippen molar-refractivity contribution >= 4 is 16.0 Å². The van der Waals surface area contributed by atoms with Gasteiger partial charge in [-0.05, 0) is 30.5 Å². The van der Waals surface area contributed by atoms with Crippen LogP contribution < -0.4 is 0 Å². The molecule has 0 radical (unpaired) electrons. The Hall–Kier alpha value is -1.40. The highest BCUT2D eigenvalue weighted by atomic mass is 32.2. The van der Waals surface area contributed by atoms with Crippen molar-refractivity contribution < 1.29 is 17.9 Å². The Morgan fingerprint density at radius 1 is 1.20 bits per heavy atom. The summed E-state index contributed by atoms with van der Waals surface area (Å²) < 4.78 is 30.7. The molecule has 0 spiro atoms. The summed E-state index contributed by atoms with van der Waals surface area (Å²) in [6.07, 6.45) is 1.48. The molecular formula is C14H21NO4S. The second-order valence-electron chi connectivity index (χ2n) is 4.41. The van der Waals surface area contributed by atoms with Crippen LogP contribution in [0.4, 0.5) is 0 Å². The van der Waals surface area contributed by atoms with E-state index in [1.807, 2.05) is 13.8 Å². The molecular weight excluding hydrogens is 278 g/mol. The standard InChI is InChI=1S/C14H21NO4S/c1-4-10-15(11-14(16)19-3)20(17,18)13-8-6-12(5-2)7-9-13/h6-9H,4-5,10-11H2,1-3H3. The monoisotopic (exact) mass is 299 g/mol. The quantitative estimate of drug-likeness (QED) is 0.721. The smallest absolute Gasteiger partial charge is 0.321 e. The fourth-order valence-corrected chi connectivity index (χ4v) is 3.26. The number of aryl methyl sites for hydroxylation is 1. The van der Waals surface area contributed by atoms with Gasteiger partial charge in [0.25, 0.3) is 0 Å². The normalized spacial score (nSPS) is 11.6. The van der Waals surface area contributed by atoms with Gasteiger partial charge in [0, 0.05) is 6.54 Å². The molecule has 0 unspecified atom stereocenters. The summed E-state index contributed by atoms with van der Waals surface area (Å²) in [5.41, 5.74) is 1.07. The van der Waals surface area contributed by atoms with Crippen LogP contribution in [-0.2, 0) is 26.0 Å². The lowest BCUT2D eigenvalue weighted by Gasteiger charge is -2.20. The third kappa shape index (κ3) is 4.05. The lowest BCUT2D eigenvalue weighted by molar-refractivity contribution is -0.140. The van der Waals surface area contributed by atoms with Crippen LogP contribution >= 0.6 is 0 Å². The maximum atomic E-state index is 12.5. The molecule has 1 aromatic rings. The molecule has 0 saturated carbocycles. The number of ether oxygens (including phenoxy) is 1. The number of esters is 1. The molecule has 0 atom stereocenters. The molecule has 0 aliphatic rings. The number of rotatable bonds is 7. The first-order valence-corrected chi connectivity index (χ1v) is 8.05. The van der Waals surface area contributed by atoms with Gasteiger partial charge in [-0.2, -0.15) is 4.31 Å². The van der Waals surface area contributed by atoms with Crippen LogP contribution in [0.25, 0.3) is 0 Å². The molecule has 5 nitrogen and oxygen atoms in total. The van der Waals surface area contributed by atoms with Crippen molar-refractivity contribution in [1.29, 1.82) is 0 Å². The molecule has 112 valence electrons. The second-order valence-corrected chi connectivity index (χ2v) is 6.35. The summed E-state index contributed by atoms with van der Waals surface area (Å²) in [4.78, 5) is 11.5. The van der Waals surface area contributed by atoms with Crippen LogP contribution in [0.5, 0.6) is 0 Å². The zero-order chi connectivity index (χ0) is 15.2. The van der Waals surface area contributed by atoms with Crippen LogP contribution in [0.2, 0.25) is 0 Å². The van der Waals surface area contributed by atoms with Gasteiger partial charge < -0.3 is 4.74 Å². The maximum Gasteiger partial charge on any atom is 0.321 e. The first-order chi connectivity index (χ1) is 9.45. The van der Waals surface area contributed by atoms with Gasteiger partial charge in [0.2, 0.25) is 10.0 Å². The van der Waals surface area contributed by atoms with E-state index < -0.39 is 16.0 Å². The predicted molar refractivity (Wildman–Crippen MR) is 76.9 cm³/mol. The van der Waals surface area contributed by atoms with E-state index in [0.717, 1.165) is 16.3 Å². The summed E-state index contributed by atoms with van der Waals surface area (Å²) in [6.45, 7) is 3.89. The molecule has 20 heavy (non-hydrogen) atoms. The lowest BCUT2D eigenvalue weighted by atomic mass is 10.2. The number of nitrogens with zero attached hydrogens (tertiary/aromatic N) is 1. The first-order valence-electron chi connectivity index (χ1n) is 6.61. The van der Waals surface area contributed by atoms with E-state index in [-0.39, 0.29) is 18.0 Å². The first kappa shape index (κ1) is 16.7. The minimum Gasteiger partial charge on any atom is -0.468 e. The Bertz CT molecular complexity index is 537. The van der Waals surface area contributed by atoms with Crippen molar-refractivity contribution in [3.63, 3.8) is 0 Å². The van der Waals surface area contributed by atoms with Crippen molar-refractivity contribution in [3.05, 3.63) is 29.8 Å². The molecule has 0 aromatic heterocycles. The Morgan fingerprint density at radius 3 is 2.25 bits per heavy atom. The highest BCUT2D eigenvalue weighted by molar-refractivity contribution is 7.89. The molecule has 0 aliphatic heterocycles.